The highest BCUT2D eigenvalue weighted by Gasteiger charge is 2.35. The van der Waals surface area contributed by atoms with E-state index in [1.54, 1.807) is 0 Å². The number of benzene rings is 1. The number of hydrogen-bond donors (Lipinski definition) is 1. The van der Waals surface area contributed by atoms with Crippen molar-refractivity contribution in [3.8, 4) is 0 Å². The Kier molecular flexibility index (Phi) is 6.64. The molecule has 0 bridgehead atoms. The van der Waals surface area contributed by atoms with Crippen LogP contribution < -0.4 is 0 Å². The van der Waals surface area contributed by atoms with Crippen LogP contribution in [-0.4, -0.2) is 46.2 Å². The van der Waals surface area contributed by atoms with Crippen LogP contribution in [0.5, 0.6) is 0 Å². The second-order valence-corrected chi connectivity index (χ2v) is 7.72. The summed E-state index contributed by atoms with van der Waals surface area (Å²) in [6.45, 7) is 11.3. The maximum atomic E-state index is 9.80. The van der Waals surface area contributed by atoms with Gasteiger partial charge in [-0.3, -0.25) is 9.48 Å². The van der Waals surface area contributed by atoms with E-state index in [1.807, 2.05) is 0 Å². The zero-order valence-corrected chi connectivity index (χ0v) is 15.2. The lowest BCUT2D eigenvalue weighted by atomic mass is 10.0. The van der Waals surface area contributed by atoms with Crippen LogP contribution in [0, 0.1) is 11.8 Å². The molecule has 0 radical (unpaired) electrons. The average Bonchev–Trinajstić information content (AvgIpc) is 2.87. The van der Waals surface area contributed by atoms with Crippen molar-refractivity contribution in [1.29, 1.82) is 0 Å². The highest BCUT2D eigenvalue weighted by molar-refractivity contribution is 5.51. The first-order chi connectivity index (χ1) is 11.0. The second kappa shape index (κ2) is 8.49. The largest absolute Gasteiger partial charge is 0.392 e. The molecular weight excluding hydrogens is 284 g/mol. The quantitative estimate of drug-likeness (QED) is 0.744. The minimum atomic E-state index is 0.238. The Labute approximate surface area is 141 Å². The van der Waals surface area contributed by atoms with Crippen LogP contribution in [0.3, 0.4) is 0 Å². The third-order valence-corrected chi connectivity index (χ3v) is 4.56. The number of nitrogens with zero attached hydrogens (tertiary/aromatic N) is 2. The number of rotatable bonds is 8. The van der Waals surface area contributed by atoms with Crippen molar-refractivity contribution in [3.05, 3.63) is 35.9 Å². The van der Waals surface area contributed by atoms with E-state index in [0.29, 0.717) is 17.9 Å². The maximum Gasteiger partial charge on any atom is 0.235 e. The first-order valence-electron chi connectivity index (χ1n) is 9.00. The van der Waals surface area contributed by atoms with Gasteiger partial charge >= 0.3 is 0 Å². The molecule has 0 saturated heterocycles. The zero-order valence-electron chi connectivity index (χ0n) is 15.2. The summed E-state index contributed by atoms with van der Waals surface area (Å²) in [5.74, 6) is 1.29. The molecule has 1 aromatic carbocycles. The summed E-state index contributed by atoms with van der Waals surface area (Å²) in [5, 5.41) is 9.80. The average molecular weight is 317 g/mol. The highest BCUT2D eigenvalue weighted by atomic mass is 16.3. The van der Waals surface area contributed by atoms with E-state index in [0.717, 1.165) is 19.5 Å². The summed E-state index contributed by atoms with van der Waals surface area (Å²) >= 11 is 0. The van der Waals surface area contributed by atoms with E-state index < -0.39 is 0 Å². The van der Waals surface area contributed by atoms with Gasteiger partial charge in [-0.05, 0) is 30.2 Å². The summed E-state index contributed by atoms with van der Waals surface area (Å²) in [7, 11) is 0. The molecule has 0 fully saturated rings. The molecule has 1 heterocycles. The zero-order chi connectivity index (χ0) is 16.8. The molecule has 1 aliphatic heterocycles. The Balaban J connectivity index is 2.13. The van der Waals surface area contributed by atoms with Crippen molar-refractivity contribution in [1.82, 2.24) is 4.90 Å². The maximum absolute atomic E-state index is 9.80. The van der Waals surface area contributed by atoms with Gasteiger partial charge in [-0.25, -0.2) is 0 Å². The first kappa shape index (κ1) is 18.0. The number of aliphatic hydroxyl groups is 1. The van der Waals surface area contributed by atoms with Crippen molar-refractivity contribution in [2.24, 2.45) is 11.8 Å². The van der Waals surface area contributed by atoms with Crippen molar-refractivity contribution in [3.63, 3.8) is 0 Å². The van der Waals surface area contributed by atoms with Gasteiger partial charge in [0.25, 0.3) is 0 Å². The van der Waals surface area contributed by atoms with E-state index in [1.165, 1.54) is 12.0 Å². The van der Waals surface area contributed by atoms with Crippen LogP contribution in [0.2, 0.25) is 0 Å². The van der Waals surface area contributed by atoms with Gasteiger partial charge in [0.1, 0.15) is 25.2 Å². The van der Waals surface area contributed by atoms with Crippen LogP contribution in [0.15, 0.2) is 30.3 Å². The van der Waals surface area contributed by atoms with Crippen molar-refractivity contribution in [2.45, 2.75) is 59.2 Å². The fourth-order valence-corrected chi connectivity index (χ4v) is 3.50. The summed E-state index contributed by atoms with van der Waals surface area (Å²) in [6, 6.07) is 11.5. The van der Waals surface area contributed by atoms with Gasteiger partial charge in [0.05, 0.1) is 6.61 Å². The Morgan fingerprint density at radius 3 is 2.39 bits per heavy atom. The third-order valence-electron chi connectivity index (χ3n) is 4.56. The molecule has 0 saturated carbocycles. The molecule has 1 N–H and O–H groups in total. The van der Waals surface area contributed by atoms with Gasteiger partial charge in [-0.15, -0.1) is 0 Å². The molecule has 1 aliphatic rings. The molecular formula is C20H33N2O+. The summed E-state index contributed by atoms with van der Waals surface area (Å²) in [6.07, 6.45) is 4.50. The molecule has 0 aromatic heterocycles. The first-order valence-corrected chi connectivity index (χ1v) is 9.00. The molecule has 2 rings (SSSR count). The minimum absolute atomic E-state index is 0.238. The van der Waals surface area contributed by atoms with E-state index in [4.69, 9.17) is 0 Å². The minimum Gasteiger partial charge on any atom is -0.392 e. The van der Waals surface area contributed by atoms with Gasteiger partial charge in [0.2, 0.25) is 6.34 Å². The molecule has 0 amide bonds. The van der Waals surface area contributed by atoms with Crippen LogP contribution in [0.1, 0.15) is 46.1 Å². The summed E-state index contributed by atoms with van der Waals surface area (Å²) in [4.78, 5) is 2.37. The van der Waals surface area contributed by atoms with Crippen molar-refractivity contribution in [2.75, 3.05) is 13.2 Å². The molecule has 23 heavy (non-hydrogen) atoms. The monoisotopic (exact) mass is 317 g/mol. The van der Waals surface area contributed by atoms with Crippen LogP contribution in [0.25, 0.3) is 0 Å². The van der Waals surface area contributed by atoms with Crippen LogP contribution in [-0.2, 0) is 6.54 Å². The predicted molar refractivity (Wildman–Crippen MR) is 96.7 cm³/mol. The molecule has 0 aliphatic carbocycles. The summed E-state index contributed by atoms with van der Waals surface area (Å²) in [5.41, 5.74) is 1.35. The highest BCUT2D eigenvalue weighted by Crippen LogP contribution is 2.20. The lowest BCUT2D eigenvalue weighted by Crippen LogP contribution is -2.38. The Morgan fingerprint density at radius 1 is 1.13 bits per heavy atom. The lowest BCUT2D eigenvalue weighted by Gasteiger charge is -2.21. The van der Waals surface area contributed by atoms with E-state index in [-0.39, 0.29) is 12.6 Å². The standard InChI is InChI=1S/C20H33N2O/c1-16(2)10-19-13-22(20(14-23)11-17(3)4)15-21(19)12-18-8-6-5-7-9-18/h5-9,15-17,19-20,23H,10-14H2,1-4H3/q+1/t19-,20-/m0/s1. The van der Waals surface area contributed by atoms with E-state index in [2.05, 4.69) is 73.8 Å². The molecule has 2 atom stereocenters. The SMILES string of the molecule is CC(C)C[C@@H](CO)N1C=[N+](Cc2ccccc2)[C@@H](CC(C)C)C1. The van der Waals surface area contributed by atoms with Crippen LogP contribution >= 0.6 is 0 Å². The number of hydrogen-bond acceptors (Lipinski definition) is 2. The fraction of sp³-hybridized carbons (Fsp3) is 0.650. The Bertz CT molecular complexity index is 496. The number of aliphatic hydroxyl groups excluding tert-OH is 1. The molecule has 1 aromatic rings. The Hall–Kier alpha value is -1.35. The molecule has 0 spiro atoms. The topological polar surface area (TPSA) is 26.5 Å². The molecule has 0 unspecified atom stereocenters. The van der Waals surface area contributed by atoms with Crippen LogP contribution in [0.4, 0.5) is 0 Å². The lowest BCUT2D eigenvalue weighted by molar-refractivity contribution is -0.569. The molecule has 3 nitrogen and oxygen atoms in total. The van der Waals surface area contributed by atoms with E-state index in [9.17, 15) is 5.11 Å². The van der Waals surface area contributed by atoms with Gasteiger partial charge in [-0.1, -0.05) is 58.0 Å². The summed E-state index contributed by atoms with van der Waals surface area (Å²) < 4.78 is 2.47. The van der Waals surface area contributed by atoms with E-state index >= 15 is 0 Å². The normalized spacial score (nSPS) is 19.5. The van der Waals surface area contributed by atoms with Gasteiger partial charge < -0.3 is 5.11 Å². The third kappa shape index (κ3) is 5.35. The molecule has 128 valence electrons. The van der Waals surface area contributed by atoms with Gasteiger partial charge in [0, 0.05) is 0 Å². The smallest absolute Gasteiger partial charge is 0.235 e. The molecule has 3 heteroatoms. The van der Waals surface area contributed by atoms with Gasteiger partial charge in [-0.2, -0.15) is 0 Å². The van der Waals surface area contributed by atoms with Crippen molar-refractivity contribution < 1.29 is 9.68 Å². The Morgan fingerprint density at radius 2 is 1.83 bits per heavy atom. The predicted octanol–water partition coefficient (Wildman–Crippen LogP) is 3.36. The van der Waals surface area contributed by atoms with Gasteiger partial charge in [0.15, 0.2) is 0 Å². The fourth-order valence-electron chi connectivity index (χ4n) is 3.50. The second-order valence-electron chi connectivity index (χ2n) is 7.72. The van der Waals surface area contributed by atoms with Crippen molar-refractivity contribution >= 4 is 6.34 Å².